The molecule has 0 amide bonds. The SMILES string of the molecule is Oc1cc(-c2nc(N3CC4CCC(C3)N4)c3ccc(-c4cc(O)cc5ccccc45)c(F)c3n2)c2ccccc2c1. The van der Waals surface area contributed by atoms with E-state index in [-0.39, 0.29) is 17.0 Å². The Balaban J connectivity index is 1.41. The summed E-state index contributed by atoms with van der Waals surface area (Å²) in [5.41, 5.74) is 1.83. The molecule has 202 valence electrons. The van der Waals surface area contributed by atoms with Crippen LogP contribution in [0.5, 0.6) is 11.5 Å². The largest absolute Gasteiger partial charge is 0.508 e. The predicted octanol–water partition coefficient (Wildman–Crippen LogP) is 6.76. The molecule has 6 nitrogen and oxygen atoms in total. The van der Waals surface area contributed by atoms with Gasteiger partial charge in [0.25, 0.3) is 0 Å². The molecule has 0 aliphatic carbocycles. The van der Waals surface area contributed by atoms with E-state index < -0.39 is 5.82 Å². The van der Waals surface area contributed by atoms with Crippen molar-refractivity contribution in [2.45, 2.75) is 24.9 Å². The van der Waals surface area contributed by atoms with Gasteiger partial charge in [-0.05, 0) is 70.3 Å². The van der Waals surface area contributed by atoms with E-state index in [4.69, 9.17) is 9.97 Å². The van der Waals surface area contributed by atoms with E-state index in [1.165, 1.54) is 0 Å². The molecule has 0 spiro atoms. The van der Waals surface area contributed by atoms with Gasteiger partial charge in [-0.25, -0.2) is 14.4 Å². The molecule has 6 aromatic rings. The molecule has 3 heterocycles. The quantitative estimate of drug-likeness (QED) is 0.229. The van der Waals surface area contributed by atoms with Crippen LogP contribution in [0.2, 0.25) is 0 Å². The normalized spacial score (nSPS) is 18.5. The van der Waals surface area contributed by atoms with Gasteiger partial charge in [-0.1, -0.05) is 54.6 Å². The van der Waals surface area contributed by atoms with Crippen LogP contribution in [0.3, 0.4) is 0 Å². The highest BCUT2D eigenvalue weighted by molar-refractivity contribution is 6.03. The Morgan fingerprint density at radius 2 is 1.29 bits per heavy atom. The third-order valence-electron chi connectivity index (χ3n) is 8.53. The van der Waals surface area contributed by atoms with Crippen LogP contribution in [-0.4, -0.2) is 45.4 Å². The summed E-state index contributed by atoms with van der Waals surface area (Å²) in [4.78, 5) is 12.1. The van der Waals surface area contributed by atoms with Crippen LogP contribution in [0, 0.1) is 5.82 Å². The molecule has 2 aliphatic heterocycles. The topological polar surface area (TPSA) is 81.5 Å². The first-order chi connectivity index (χ1) is 20.0. The maximum absolute atomic E-state index is 16.8. The van der Waals surface area contributed by atoms with Crippen LogP contribution in [0.15, 0.2) is 84.9 Å². The average Bonchev–Trinajstić information content (AvgIpc) is 3.33. The summed E-state index contributed by atoms with van der Waals surface area (Å²) in [5, 5.41) is 28.8. The number of hydrogen-bond acceptors (Lipinski definition) is 6. The van der Waals surface area contributed by atoms with Gasteiger partial charge in [0.2, 0.25) is 0 Å². The van der Waals surface area contributed by atoms with Gasteiger partial charge in [-0.3, -0.25) is 0 Å². The van der Waals surface area contributed by atoms with Gasteiger partial charge in [0.1, 0.15) is 22.8 Å². The van der Waals surface area contributed by atoms with Crippen molar-refractivity contribution in [2.24, 2.45) is 0 Å². The number of nitrogens with one attached hydrogen (secondary N) is 1. The summed E-state index contributed by atoms with van der Waals surface area (Å²) in [6, 6.07) is 26.4. The first-order valence-electron chi connectivity index (χ1n) is 14.0. The third kappa shape index (κ3) is 3.96. The number of piperazine rings is 1. The number of phenols is 2. The fraction of sp³-hybridized carbons (Fsp3) is 0.176. The molecular formula is C34H27FN4O2. The molecule has 0 radical (unpaired) electrons. The Morgan fingerprint density at radius 3 is 1.98 bits per heavy atom. The lowest BCUT2D eigenvalue weighted by molar-refractivity contribution is 0.464. The smallest absolute Gasteiger partial charge is 0.163 e. The van der Waals surface area contributed by atoms with E-state index >= 15 is 4.39 Å². The molecule has 5 aromatic carbocycles. The molecule has 0 saturated carbocycles. The number of halogens is 1. The van der Waals surface area contributed by atoms with Crippen molar-refractivity contribution in [1.29, 1.82) is 0 Å². The highest BCUT2D eigenvalue weighted by Gasteiger charge is 2.34. The second-order valence-corrected chi connectivity index (χ2v) is 11.2. The van der Waals surface area contributed by atoms with E-state index in [0.717, 1.165) is 47.5 Å². The minimum atomic E-state index is -0.467. The van der Waals surface area contributed by atoms with Gasteiger partial charge in [0.15, 0.2) is 11.6 Å². The van der Waals surface area contributed by atoms with Crippen LogP contribution >= 0.6 is 0 Å². The van der Waals surface area contributed by atoms with Gasteiger partial charge >= 0.3 is 0 Å². The van der Waals surface area contributed by atoms with Crippen molar-refractivity contribution in [3.05, 3.63) is 90.7 Å². The number of benzene rings is 5. The van der Waals surface area contributed by atoms with E-state index in [2.05, 4.69) is 10.2 Å². The van der Waals surface area contributed by atoms with E-state index in [9.17, 15) is 10.2 Å². The number of phenolic OH excluding ortho intramolecular Hbond substituents is 2. The Bertz CT molecular complexity index is 2000. The summed E-state index contributed by atoms with van der Waals surface area (Å²) in [7, 11) is 0. The second kappa shape index (κ2) is 9.14. The standard InChI is InChI=1S/C34H27FN4O2/c35-31-27(29-15-23(40)13-19-5-1-3-7-25(19)29)11-12-28-32(31)37-33(30-16-24(41)14-20-6-2-4-8-26(20)30)38-34(28)39-17-21-9-10-22(18-39)36-21/h1-8,11-16,21-22,36,40-41H,9-10,17-18H2. The van der Waals surface area contributed by atoms with Gasteiger partial charge in [-0.15, -0.1) is 0 Å². The Hall–Kier alpha value is -4.75. The third-order valence-corrected chi connectivity index (χ3v) is 8.53. The van der Waals surface area contributed by atoms with Crippen LogP contribution in [0.1, 0.15) is 12.8 Å². The first-order valence-corrected chi connectivity index (χ1v) is 14.0. The minimum Gasteiger partial charge on any atom is -0.508 e. The highest BCUT2D eigenvalue weighted by Crippen LogP contribution is 2.40. The molecule has 3 N–H and O–H groups in total. The molecule has 7 heteroatoms. The van der Waals surface area contributed by atoms with Gasteiger partial charge in [-0.2, -0.15) is 0 Å². The molecule has 2 atom stereocenters. The van der Waals surface area contributed by atoms with Crippen LogP contribution in [0.25, 0.3) is 55.0 Å². The molecule has 2 aliphatic rings. The number of aromatic hydroxyl groups is 2. The molecule has 1 aromatic heterocycles. The molecule has 2 fully saturated rings. The second-order valence-electron chi connectivity index (χ2n) is 11.2. The van der Waals surface area contributed by atoms with Crippen molar-refractivity contribution < 1.29 is 14.6 Å². The average molecular weight is 543 g/mol. The first kappa shape index (κ1) is 24.1. The minimum absolute atomic E-state index is 0.0739. The molecule has 41 heavy (non-hydrogen) atoms. The summed E-state index contributed by atoms with van der Waals surface area (Å²) in [5.74, 6) is 0.768. The Labute approximate surface area is 235 Å². The summed E-state index contributed by atoms with van der Waals surface area (Å²) in [6.45, 7) is 1.56. The lowest BCUT2D eigenvalue weighted by Crippen LogP contribution is -2.51. The fourth-order valence-electron chi connectivity index (χ4n) is 6.68. The number of nitrogens with zero attached hydrogens (tertiary/aromatic N) is 3. The summed E-state index contributed by atoms with van der Waals surface area (Å²) >= 11 is 0. The van der Waals surface area contributed by atoms with Crippen LogP contribution in [-0.2, 0) is 0 Å². The van der Waals surface area contributed by atoms with Crippen molar-refractivity contribution >= 4 is 38.3 Å². The number of anilines is 1. The Morgan fingerprint density at radius 1 is 0.683 bits per heavy atom. The van der Waals surface area contributed by atoms with E-state index in [1.54, 1.807) is 30.3 Å². The maximum Gasteiger partial charge on any atom is 0.163 e. The number of hydrogen-bond donors (Lipinski definition) is 3. The number of rotatable bonds is 3. The summed E-state index contributed by atoms with van der Waals surface area (Å²) < 4.78 is 16.8. The number of aromatic nitrogens is 2. The Kier molecular flexibility index (Phi) is 5.37. The zero-order valence-corrected chi connectivity index (χ0v) is 22.2. The van der Waals surface area contributed by atoms with Gasteiger partial charge < -0.3 is 20.4 Å². The molecule has 2 unspecified atom stereocenters. The van der Waals surface area contributed by atoms with Crippen molar-refractivity contribution in [1.82, 2.24) is 15.3 Å². The lowest BCUT2D eigenvalue weighted by Gasteiger charge is -2.34. The summed E-state index contributed by atoms with van der Waals surface area (Å²) in [6.07, 6.45) is 2.22. The zero-order chi connectivity index (χ0) is 27.7. The van der Waals surface area contributed by atoms with Crippen LogP contribution < -0.4 is 10.2 Å². The van der Waals surface area contributed by atoms with Crippen molar-refractivity contribution in [3.63, 3.8) is 0 Å². The monoisotopic (exact) mass is 542 g/mol. The maximum atomic E-state index is 16.8. The molecule has 8 rings (SSSR count). The fourth-order valence-corrected chi connectivity index (χ4v) is 6.68. The van der Waals surface area contributed by atoms with Crippen molar-refractivity contribution in [3.8, 4) is 34.0 Å². The van der Waals surface area contributed by atoms with E-state index in [0.29, 0.717) is 45.8 Å². The van der Waals surface area contributed by atoms with Gasteiger partial charge in [0.05, 0.1) is 0 Å². The van der Waals surface area contributed by atoms with Crippen molar-refractivity contribution in [2.75, 3.05) is 18.0 Å². The molecule has 2 saturated heterocycles. The van der Waals surface area contributed by atoms with Gasteiger partial charge in [0, 0.05) is 41.7 Å². The van der Waals surface area contributed by atoms with E-state index in [1.807, 2.05) is 54.6 Å². The highest BCUT2D eigenvalue weighted by atomic mass is 19.1. The lowest BCUT2D eigenvalue weighted by atomic mass is 9.96. The molecule has 2 bridgehead atoms. The number of fused-ring (bicyclic) bond motifs is 5. The predicted molar refractivity (Wildman–Crippen MR) is 161 cm³/mol. The zero-order valence-electron chi connectivity index (χ0n) is 22.2. The molecular weight excluding hydrogens is 515 g/mol. The van der Waals surface area contributed by atoms with Crippen LogP contribution in [0.4, 0.5) is 10.2 Å².